The molecule has 2 amide bonds. The van der Waals surface area contributed by atoms with Crippen molar-refractivity contribution in [3.63, 3.8) is 0 Å². The monoisotopic (exact) mass is 353 g/mol. The quantitative estimate of drug-likeness (QED) is 0.713. The number of pyridine rings is 1. The molecule has 0 unspecified atom stereocenters. The van der Waals surface area contributed by atoms with Gasteiger partial charge in [-0.2, -0.15) is 0 Å². The molecule has 25 heavy (non-hydrogen) atoms. The van der Waals surface area contributed by atoms with Crippen LogP contribution in [0.5, 0.6) is 0 Å². The smallest absolute Gasteiger partial charge is 0.321 e. The molecule has 3 rings (SSSR count). The number of benzene rings is 1. The van der Waals surface area contributed by atoms with Crippen molar-refractivity contribution < 1.29 is 4.79 Å². The average molecular weight is 353 g/mol. The number of anilines is 1. The summed E-state index contributed by atoms with van der Waals surface area (Å²) in [6.45, 7) is 2.59. The molecule has 1 aromatic carbocycles. The molecule has 6 nitrogen and oxygen atoms in total. The molecular formula is C18H19N5OS. The zero-order valence-electron chi connectivity index (χ0n) is 13.9. The van der Waals surface area contributed by atoms with Gasteiger partial charge in [-0.15, -0.1) is 10.2 Å². The summed E-state index contributed by atoms with van der Waals surface area (Å²) in [6.07, 6.45) is 4.97. The third-order valence-electron chi connectivity index (χ3n) is 3.59. The molecule has 0 saturated carbocycles. The van der Waals surface area contributed by atoms with Crippen molar-refractivity contribution in [3.05, 3.63) is 70.5 Å². The van der Waals surface area contributed by atoms with Crippen molar-refractivity contribution in [2.24, 2.45) is 0 Å². The van der Waals surface area contributed by atoms with Gasteiger partial charge in [-0.25, -0.2) is 4.79 Å². The summed E-state index contributed by atoms with van der Waals surface area (Å²) < 4.78 is 0. The van der Waals surface area contributed by atoms with Crippen molar-refractivity contribution in [1.29, 1.82) is 0 Å². The fourth-order valence-electron chi connectivity index (χ4n) is 2.26. The maximum absolute atomic E-state index is 11.9. The van der Waals surface area contributed by atoms with E-state index in [2.05, 4.69) is 57.0 Å². The molecule has 0 atom stereocenters. The number of nitrogens with one attached hydrogen (secondary N) is 2. The fourth-order valence-corrected chi connectivity index (χ4v) is 3.03. The normalized spacial score (nSPS) is 10.4. The molecule has 0 aliphatic carbocycles. The Morgan fingerprint density at radius 3 is 2.72 bits per heavy atom. The molecule has 2 N–H and O–H groups in total. The number of hydrogen-bond donors (Lipinski definition) is 2. The second-order valence-corrected chi connectivity index (χ2v) is 6.72. The van der Waals surface area contributed by atoms with Gasteiger partial charge in [0.2, 0.25) is 5.13 Å². The molecule has 0 saturated heterocycles. The maximum Gasteiger partial charge on any atom is 0.321 e. The van der Waals surface area contributed by atoms with Gasteiger partial charge in [-0.3, -0.25) is 10.3 Å². The van der Waals surface area contributed by atoms with Crippen LogP contribution in [0.2, 0.25) is 0 Å². The number of hydrogen-bond acceptors (Lipinski definition) is 5. The Bertz CT molecular complexity index is 817. The summed E-state index contributed by atoms with van der Waals surface area (Å²) in [7, 11) is 0. The lowest BCUT2D eigenvalue weighted by Gasteiger charge is -2.04. The first-order valence-electron chi connectivity index (χ1n) is 8.01. The van der Waals surface area contributed by atoms with Crippen LogP contribution in [0, 0.1) is 6.92 Å². The highest BCUT2D eigenvalue weighted by atomic mass is 32.1. The fraction of sp³-hybridized carbons (Fsp3) is 0.222. The SMILES string of the molecule is Cc1ccc(Cc2nnc(NC(=O)NCCc3cccnc3)s2)cc1. The van der Waals surface area contributed by atoms with Gasteiger partial charge in [-0.1, -0.05) is 47.2 Å². The molecular weight excluding hydrogens is 334 g/mol. The van der Waals surface area contributed by atoms with Gasteiger partial charge in [-0.05, 0) is 30.5 Å². The van der Waals surface area contributed by atoms with Crippen LogP contribution in [0.4, 0.5) is 9.93 Å². The summed E-state index contributed by atoms with van der Waals surface area (Å²) in [5.74, 6) is 0. The highest BCUT2D eigenvalue weighted by Gasteiger charge is 2.08. The third-order valence-corrected chi connectivity index (χ3v) is 4.42. The first kappa shape index (κ1) is 17.0. The van der Waals surface area contributed by atoms with E-state index >= 15 is 0 Å². The molecule has 0 bridgehead atoms. The number of rotatable bonds is 6. The highest BCUT2D eigenvalue weighted by molar-refractivity contribution is 7.15. The Kier molecular flexibility index (Phi) is 5.69. The number of urea groups is 1. The summed E-state index contributed by atoms with van der Waals surface area (Å²) in [5.41, 5.74) is 3.49. The largest absolute Gasteiger partial charge is 0.337 e. The van der Waals surface area contributed by atoms with E-state index in [1.165, 1.54) is 22.5 Å². The van der Waals surface area contributed by atoms with Gasteiger partial charge in [0.05, 0.1) is 0 Å². The van der Waals surface area contributed by atoms with E-state index < -0.39 is 0 Å². The Balaban J connectivity index is 1.45. The number of amides is 2. The molecule has 0 aliphatic rings. The number of aromatic nitrogens is 3. The summed E-state index contributed by atoms with van der Waals surface area (Å²) >= 11 is 1.39. The minimum atomic E-state index is -0.276. The van der Waals surface area contributed by atoms with Gasteiger partial charge >= 0.3 is 6.03 Å². The number of carbonyl (C=O) groups excluding carboxylic acids is 1. The Hall–Kier alpha value is -2.80. The van der Waals surface area contributed by atoms with Crippen LogP contribution in [0.15, 0.2) is 48.8 Å². The van der Waals surface area contributed by atoms with Gasteiger partial charge in [0.15, 0.2) is 0 Å². The summed E-state index contributed by atoms with van der Waals surface area (Å²) in [4.78, 5) is 16.0. The zero-order valence-corrected chi connectivity index (χ0v) is 14.7. The molecule has 7 heteroatoms. The minimum Gasteiger partial charge on any atom is -0.337 e. The molecule has 3 aromatic rings. The van der Waals surface area contributed by atoms with Gasteiger partial charge in [0, 0.05) is 25.4 Å². The first-order chi connectivity index (χ1) is 12.2. The first-order valence-corrected chi connectivity index (χ1v) is 8.82. The Morgan fingerprint density at radius 1 is 1.12 bits per heavy atom. The topological polar surface area (TPSA) is 79.8 Å². The lowest BCUT2D eigenvalue weighted by atomic mass is 10.1. The van der Waals surface area contributed by atoms with E-state index in [9.17, 15) is 4.79 Å². The van der Waals surface area contributed by atoms with E-state index in [0.29, 0.717) is 18.1 Å². The van der Waals surface area contributed by atoms with Gasteiger partial charge in [0.1, 0.15) is 5.01 Å². The van der Waals surface area contributed by atoms with Crippen molar-refractivity contribution >= 4 is 22.5 Å². The standard InChI is InChI=1S/C18H19N5OS/c1-13-4-6-14(7-5-13)11-16-22-23-18(25-16)21-17(24)20-10-8-15-3-2-9-19-12-15/h2-7,9,12H,8,10-11H2,1H3,(H2,20,21,23,24). The van der Waals surface area contributed by atoms with Crippen molar-refractivity contribution in [2.75, 3.05) is 11.9 Å². The highest BCUT2D eigenvalue weighted by Crippen LogP contribution is 2.18. The van der Waals surface area contributed by atoms with Crippen LogP contribution in [0.3, 0.4) is 0 Å². The third kappa shape index (κ3) is 5.36. The number of nitrogens with zero attached hydrogens (tertiary/aromatic N) is 3. The molecule has 0 aliphatic heterocycles. The van der Waals surface area contributed by atoms with E-state index in [4.69, 9.17) is 0 Å². The minimum absolute atomic E-state index is 0.276. The summed E-state index contributed by atoms with van der Waals surface area (Å²) in [6, 6.07) is 11.9. The lowest BCUT2D eigenvalue weighted by Crippen LogP contribution is -2.30. The van der Waals surface area contributed by atoms with Crippen LogP contribution in [-0.4, -0.2) is 27.8 Å². The Morgan fingerprint density at radius 2 is 1.96 bits per heavy atom. The second kappa shape index (κ2) is 8.34. The summed E-state index contributed by atoms with van der Waals surface area (Å²) in [5, 5.41) is 15.1. The van der Waals surface area contributed by atoms with E-state index in [1.807, 2.05) is 12.1 Å². The molecule has 0 fully saturated rings. The van der Waals surface area contributed by atoms with E-state index in [0.717, 1.165) is 17.0 Å². The van der Waals surface area contributed by atoms with Crippen LogP contribution in [0.25, 0.3) is 0 Å². The molecule has 0 spiro atoms. The zero-order chi connectivity index (χ0) is 17.5. The maximum atomic E-state index is 11.9. The van der Waals surface area contributed by atoms with E-state index in [-0.39, 0.29) is 6.03 Å². The average Bonchev–Trinajstić information content (AvgIpc) is 3.05. The Labute approximate surface area is 150 Å². The van der Waals surface area contributed by atoms with Crippen molar-refractivity contribution in [3.8, 4) is 0 Å². The predicted octanol–water partition coefficient (Wildman–Crippen LogP) is 3.20. The molecule has 2 aromatic heterocycles. The lowest BCUT2D eigenvalue weighted by molar-refractivity contribution is 0.252. The second-order valence-electron chi connectivity index (χ2n) is 5.66. The molecule has 0 radical (unpaired) electrons. The van der Waals surface area contributed by atoms with Crippen molar-refractivity contribution in [2.45, 2.75) is 19.8 Å². The predicted molar refractivity (Wildman–Crippen MR) is 98.9 cm³/mol. The number of aryl methyl sites for hydroxylation is 1. The molecule has 2 heterocycles. The van der Waals surface area contributed by atoms with Crippen LogP contribution in [0.1, 0.15) is 21.7 Å². The number of carbonyl (C=O) groups is 1. The van der Waals surface area contributed by atoms with Gasteiger partial charge < -0.3 is 5.32 Å². The molecule has 128 valence electrons. The van der Waals surface area contributed by atoms with E-state index in [1.54, 1.807) is 12.4 Å². The van der Waals surface area contributed by atoms with Crippen molar-refractivity contribution in [1.82, 2.24) is 20.5 Å². The van der Waals surface area contributed by atoms with Crippen LogP contribution in [-0.2, 0) is 12.8 Å². The van der Waals surface area contributed by atoms with Gasteiger partial charge in [0.25, 0.3) is 0 Å². The van der Waals surface area contributed by atoms with Crippen LogP contribution >= 0.6 is 11.3 Å². The van der Waals surface area contributed by atoms with Crippen LogP contribution < -0.4 is 10.6 Å².